The molecule has 4 aromatic carbocycles. The van der Waals surface area contributed by atoms with Gasteiger partial charge in [-0.05, 0) is 85.8 Å². The molecule has 0 bridgehead atoms. The number of ether oxygens (including phenoxy) is 2. The van der Waals surface area contributed by atoms with Gasteiger partial charge in [-0.25, -0.2) is 0 Å². The van der Waals surface area contributed by atoms with Crippen molar-refractivity contribution in [1.29, 1.82) is 0 Å². The van der Waals surface area contributed by atoms with E-state index < -0.39 is 5.60 Å². The Morgan fingerprint density at radius 3 is 2.36 bits per heavy atom. The van der Waals surface area contributed by atoms with Gasteiger partial charge in [0.1, 0.15) is 23.0 Å². The molecule has 2 unspecified atom stereocenters. The molecule has 5 heteroatoms. The number of rotatable bonds is 6. The van der Waals surface area contributed by atoms with Gasteiger partial charge in [0, 0.05) is 17.7 Å². The number of nitrogens with zero attached hydrogens (tertiary/aromatic N) is 1. The predicted molar refractivity (Wildman–Crippen MR) is 152 cm³/mol. The Labute approximate surface area is 228 Å². The van der Waals surface area contributed by atoms with E-state index in [9.17, 15) is 9.90 Å². The van der Waals surface area contributed by atoms with Crippen LogP contribution in [-0.4, -0.2) is 28.1 Å². The van der Waals surface area contributed by atoms with E-state index in [0.29, 0.717) is 29.4 Å². The minimum Gasteiger partial charge on any atom is -0.508 e. The molecule has 0 saturated heterocycles. The highest BCUT2D eigenvalue weighted by Crippen LogP contribution is 2.45. The Kier molecular flexibility index (Phi) is 6.15. The minimum absolute atomic E-state index is 0.0240. The molecule has 196 valence electrons. The number of hydrogen-bond acceptors (Lipinski definition) is 4. The zero-order chi connectivity index (χ0) is 27.1. The summed E-state index contributed by atoms with van der Waals surface area (Å²) in [5.41, 5.74) is 5.17. The maximum Gasteiger partial charge on any atom is 0.254 e. The highest BCUT2D eigenvalue weighted by Gasteiger charge is 2.50. The summed E-state index contributed by atoms with van der Waals surface area (Å²) in [4.78, 5) is 15.9. The van der Waals surface area contributed by atoms with Crippen molar-refractivity contribution < 1.29 is 19.4 Å². The zero-order valence-electron chi connectivity index (χ0n) is 22.3. The molecule has 0 saturated carbocycles. The summed E-state index contributed by atoms with van der Waals surface area (Å²) in [6.07, 6.45) is 0.820. The molecule has 1 heterocycles. The van der Waals surface area contributed by atoms with Gasteiger partial charge in [0.25, 0.3) is 5.91 Å². The second kappa shape index (κ2) is 9.66. The average Bonchev–Trinajstić information content (AvgIpc) is 3.43. The van der Waals surface area contributed by atoms with Crippen molar-refractivity contribution >= 4 is 5.91 Å². The van der Waals surface area contributed by atoms with Gasteiger partial charge in [-0.2, -0.15) is 0 Å². The third-order valence-corrected chi connectivity index (χ3v) is 7.90. The van der Waals surface area contributed by atoms with Crippen LogP contribution in [0.15, 0.2) is 108 Å². The van der Waals surface area contributed by atoms with Crippen LogP contribution in [0.5, 0.6) is 17.2 Å². The third kappa shape index (κ3) is 4.54. The summed E-state index contributed by atoms with van der Waals surface area (Å²) in [6, 6.07) is 31.4. The quantitative estimate of drug-likeness (QED) is 0.287. The second-order valence-corrected chi connectivity index (χ2v) is 10.4. The van der Waals surface area contributed by atoms with Gasteiger partial charge in [-0.3, -0.25) is 4.79 Å². The molecule has 5 nitrogen and oxygen atoms in total. The van der Waals surface area contributed by atoms with E-state index in [1.807, 2.05) is 86.3 Å². The monoisotopic (exact) mass is 517 g/mol. The Balaban J connectivity index is 1.23. The summed E-state index contributed by atoms with van der Waals surface area (Å²) in [5, 5.41) is 9.95. The first kappa shape index (κ1) is 24.8. The molecule has 4 aromatic rings. The highest BCUT2D eigenvalue weighted by atomic mass is 16.5. The molecule has 2 aliphatic rings. The van der Waals surface area contributed by atoms with E-state index in [-0.39, 0.29) is 17.7 Å². The standard InChI is InChI=1S/C34H31NO4/c1-22-20-28(16-17-30(22)39-34(3)23(2)32(34)36)38-27-14-9-13-26(21-27)33(37)35-19-18-24-10-7-8-15-29(24)31(35)25-11-5-4-6-12-25/h4-17,20-21,31,36H,18-19H2,1-3H3. The van der Waals surface area contributed by atoms with Gasteiger partial charge in [0.05, 0.1) is 6.04 Å². The van der Waals surface area contributed by atoms with E-state index in [0.717, 1.165) is 23.1 Å². The molecule has 1 aliphatic carbocycles. The van der Waals surface area contributed by atoms with Gasteiger partial charge in [0.15, 0.2) is 5.60 Å². The van der Waals surface area contributed by atoms with Crippen LogP contribution in [0.3, 0.4) is 0 Å². The Morgan fingerprint density at radius 1 is 0.897 bits per heavy atom. The number of hydrogen-bond donors (Lipinski definition) is 1. The fourth-order valence-electron chi connectivity index (χ4n) is 5.41. The van der Waals surface area contributed by atoms with Crippen molar-refractivity contribution in [3.05, 3.63) is 136 Å². The topological polar surface area (TPSA) is 59.0 Å². The molecule has 6 rings (SSSR count). The van der Waals surface area contributed by atoms with Gasteiger partial charge in [0.2, 0.25) is 0 Å². The third-order valence-electron chi connectivity index (χ3n) is 7.90. The van der Waals surface area contributed by atoms with Crippen molar-refractivity contribution in [3.63, 3.8) is 0 Å². The fourth-order valence-corrected chi connectivity index (χ4v) is 5.41. The van der Waals surface area contributed by atoms with Gasteiger partial charge in [-0.15, -0.1) is 0 Å². The van der Waals surface area contributed by atoms with Crippen LogP contribution in [-0.2, 0) is 6.42 Å². The number of aliphatic hydroxyl groups is 1. The van der Waals surface area contributed by atoms with Crippen LogP contribution in [0.25, 0.3) is 0 Å². The SMILES string of the molecule is CC1=C(O)C1(C)Oc1ccc(Oc2cccc(C(=O)N3CCc4ccccc4C3c3ccccc3)c2)cc1C. The molecule has 39 heavy (non-hydrogen) atoms. The van der Waals surface area contributed by atoms with E-state index >= 15 is 0 Å². The lowest BCUT2D eigenvalue weighted by molar-refractivity contribution is 0.0694. The first-order chi connectivity index (χ1) is 18.8. The van der Waals surface area contributed by atoms with E-state index in [2.05, 4.69) is 30.3 Å². The summed E-state index contributed by atoms with van der Waals surface area (Å²) >= 11 is 0. The first-order valence-electron chi connectivity index (χ1n) is 13.3. The molecule has 1 amide bonds. The Bertz CT molecular complexity index is 1580. The number of amides is 1. The van der Waals surface area contributed by atoms with Crippen LogP contribution in [0, 0.1) is 6.92 Å². The average molecular weight is 518 g/mol. The van der Waals surface area contributed by atoms with Crippen molar-refractivity contribution in [1.82, 2.24) is 4.90 Å². The Hall–Kier alpha value is -4.51. The van der Waals surface area contributed by atoms with Crippen LogP contribution < -0.4 is 9.47 Å². The van der Waals surface area contributed by atoms with Crippen molar-refractivity contribution in [2.24, 2.45) is 0 Å². The normalized spacial score (nSPS) is 19.9. The molecular weight excluding hydrogens is 486 g/mol. The summed E-state index contributed by atoms with van der Waals surface area (Å²) in [6.45, 7) is 6.30. The lowest BCUT2D eigenvalue weighted by Crippen LogP contribution is -2.40. The maximum absolute atomic E-state index is 13.9. The smallest absolute Gasteiger partial charge is 0.254 e. The van der Waals surface area contributed by atoms with Gasteiger partial charge >= 0.3 is 0 Å². The number of carbonyl (C=O) groups is 1. The second-order valence-electron chi connectivity index (χ2n) is 10.4. The van der Waals surface area contributed by atoms with Crippen molar-refractivity contribution in [3.8, 4) is 17.2 Å². The molecule has 0 fully saturated rings. The summed E-state index contributed by atoms with van der Waals surface area (Å²) in [7, 11) is 0. The zero-order valence-corrected chi connectivity index (χ0v) is 22.3. The van der Waals surface area contributed by atoms with E-state index in [4.69, 9.17) is 9.47 Å². The minimum atomic E-state index is -0.714. The molecular formula is C34H31NO4. The number of aliphatic hydroxyl groups excluding tert-OH is 1. The van der Waals surface area contributed by atoms with Gasteiger partial charge in [-0.1, -0.05) is 60.7 Å². The molecule has 1 aliphatic heterocycles. The fraction of sp³-hybridized carbons (Fsp3) is 0.206. The number of fused-ring (bicyclic) bond motifs is 1. The number of carbonyl (C=O) groups excluding carboxylic acids is 1. The van der Waals surface area contributed by atoms with Crippen molar-refractivity contribution in [2.45, 2.75) is 38.8 Å². The highest BCUT2D eigenvalue weighted by molar-refractivity contribution is 5.95. The van der Waals surface area contributed by atoms with Crippen LogP contribution in [0.2, 0.25) is 0 Å². The lowest BCUT2D eigenvalue weighted by Gasteiger charge is -2.38. The summed E-state index contributed by atoms with van der Waals surface area (Å²) < 4.78 is 12.2. The predicted octanol–water partition coefficient (Wildman–Crippen LogP) is 7.56. The Morgan fingerprint density at radius 2 is 1.62 bits per heavy atom. The van der Waals surface area contributed by atoms with E-state index in [1.165, 1.54) is 11.1 Å². The lowest BCUT2D eigenvalue weighted by atomic mass is 9.88. The molecule has 2 atom stereocenters. The van der Waals surface area contributed by atoms with Crippen molar-refractivity contribution in [2.75, 3.05) is 6.54 Å². The van der Waals surface area contributed by atoms with Crippen LogP contribution in [0.1, 0.15) is 52.5 Å². The largest absolute Gasteiger partial charge is 0.508 e. The molecule has 0 spiro atoms. The number of benzene rings is 4. The molecule has 0 aromatic heterocycles. The number of aryl methyl sites for hydroxylation is 1. The molecule has 0 radical (unpaired) electrons. The van der Waals surface area contributed by atoms with Crippen LogP contribution in [0.4, 0.5) is 0 Å². The maximum atomic E-state index is 13.9. The van der Waals surface area contributed by atoms with E-state index in [1.54, 1.807) is 6.07 Å². The molecule has 1 N–H and O–H groups in total. The summed E-state index contributed by atoms with van der Waals surface area (Å²) in [5.74, 6) is 2.19. The first-order valence-corrected chi connectivity index (χ1v) is 13.3. The van der Waals surface area contributed by atoms with Crippen LogP contribution >= 0.6 is 0 Å². The van der Waals surface area contributed by atoms with Gasteiger partial charge < -0.3 is 19.5 Å².